The number of carbonyl (C=O) groups excluding carboxylic acids is 3. The number of nitrogens with zero attached hydrogens (tertiary/aromatic N) is 2. The van der Waals surface area contributed by atoms with Gasteiger partial charge in [-0.25, -0.2) is 9.78 Å². The fraction of sp³-hybridized carbons (Fsp3) is 0.500. The van der Waals surface area contributed by atoms with E-state index in [1.807, 2.05) is 0 Å². The van der Waals surface area contributed by atoms with Gasteiger partial charge in [0.25, 0.3) is 0 Å². The van der Waals surface area contributed by atoms with Crippen molar-refractivity contribution in [2.24, 2.45) is 0 Å². The van der Waals surface area contributed by atoms with E-state index in [4.69, 9.17) is 0 Å². The molecule has 0 radical (unpaired) electrons. The van der Waals surface area contributed by atoms with Crippen LogP contribution in [0.2, 0.25) is 0 Å². The molecule has 0 aromatic carbocycles. The van der Waals surface area contributed by atoms with E-state index in [0.717, 1.165) is 0 Å². The molecule has 0 unspecified atom stereocenters. The zero-order valence-electron chi connectivity index (χ0n) is 11.7. The molecule has 0 aliphatic carbocycles. The summed E-state index contributed by atoms with van der Waals surface area (Å²) in [5.41, 5.74) is 0.695. The van der Waals surface area contributed by atoms with Crippen LogP contribution in [0.5, 0.6) is 0 Å². The van der Waals surface area contributed by atoms with Gasteiger partial charge >= 0.3 is 5.97 Å². The van der Waals surface area contributed by atoms with Gasteiger partial charge in [0.15, 0.2) is 0 Å². The van der Waals surface area contributed by atoms with E-state index in [-0.39, 0.29) is 18.9 Å². The Morgan fingerprint density at radius 1 is 1.50 bits per heavy atom. The van der Waals surface area contributed by atoms with Crippen LogP contribution in [0, 0.1) is 0 Å². The monoisotopic (exact) mass is 282 g/mol. The molecule has 1 heterocycles. The summed E-state index contributed by atoms with van der Waals surface area (Å²) in [5, 5.41) is 2.54. The van der Waals surface area contributed by atoms with E-state index in [2.05, 4.69) is 20.0 Å². The van der Waals surface area contributed by atoms with Crippen LogP contribution >= 0.6 is 0 Å². The predicted molar refractivity (Wildman–Crippen MR) is 69.5 cm³/mol. The summed E-state index contributed by atoms with van der Waals surface area (Å²) in [6.07, 6.45) is 3.28. The minimum atomic E-state index is -0.826. The van der Waals surface area contributed by atoms with Crippen molar-refractivity contribution in [1.82, 2.24) is 20.2 Å². The van der Waals surface area contributed by atoms with Gasteiger partial charge in [-0.05, 0) is 0 Å². The first kappa shape index (κ1) is 15.7. The van der Waals surface area contributed by atoms with Crippen LogP contribution in [0.15, 0.2) is 12.5 Å². The van der Waals surface area contributed by atoms with E-state index < -0.39 is 17.9 Å². The summed E-state index contributed by atoms with van der Waals surface area (Å²) < 4.78 is 4.65. The molecule has 1 rings (SSSR count). The van der Waals surface area contributed by atoms with Gasteiger partial charge in [-0.2, -0.15) is 0 Å². The summed E-state index contributed by atoms with van der Waals surface area (Å²) in [7, 11) is 2.75. The molecule has 8 nitrogen and oxygen atoms in total. The standard InChI is InChI=1S/C12H18N4O4/c1-8(17)16(2)6-11(18)15-10(12(19)20-3)4-9-5-13-7-14-9/h5,7,10H,4,6H2,1-3H3,(H,13,14)(H,15,18)/t10-/m0/s1. The molecular formula is C12H18N4O4. The fourth-order valence-corrected chi connectivity index (χ4v) is 1.52. The highest BCUT2D eigenvalue weighted by Gasteiger charge is 2.23. The van der Waals surface area contributed by atoms with Crippen LogP contribution in [0.3, 0.4) is 0 Å². The molecular weight excluding hydrogens is 264 g/mol. The molecule has 1 aromatic rings. The quantitative estimate of drug-likeness (QED) is 0.657. The average Bonchev–Trinajstić information content (AvgIpc) is 2.89. The maximum atomic E-state index is 11.8. The molecule has 2 amide bonds. The number of hydrogen-bond donors (Lipinski definition) is 2. The van der Waals surface area contributed by atoms with E-state index in [1.165, 1.54) is 32.3 Å². The average molecular weight is 282 g/mol. The highest BCUT2D eigenvalue weighted by atomic mass is 16.5. The van der Waals surface area contributed by atoms with Gasteiger partial charge in [-0.3, -0.25) is 9.59 Å². The number of rotatable bonds is 6. The van der Waals surface area contributed by atoms with Crippen molar-refractivity contribution < 1.29 is 19.1 Å². The Bertz CT molecular complexity index is 472. The Kier molecular flexibility index (Phi) is 5.70. The summed E-state index contributed by atoms with van der Waals surface area (Å²) >= 11 is 0. The van der Waals surface area contributed by atoms with Crippen molar-refractivity contribution in [1.29, 1.82) is 0 Å². The largest absolute Gasteiger partial charge is 0.467 e. The number of esters is 1. The molecule has 0 spiro atoms. The maximum Gasteiger partial charge on any atom is 0.328 e. The lowest BCUT2D eigenvalue weighted by molar-refractivity contribution is -0.145. The van der Waals surface area contributed by atoms with Gasteiger partial charge in [0.05, 0.1) is 20.0 Å². The fourth-order valence-electron chi connectivity index (χ4n) is 1.52. The van der Waals surface area contributed by atoms with Crippen LogP contribution in [0.4, 0.5) is 0 Å². The number of carbonyl (C=O) groups is 3. The van der Waals surface area contributed by atoms with E-state index in [0.29, 0.717) is 5.69 Å². The minimum absolute atomic E-state index is 0.119. The number of hydrogen-bond acceptors (Lipinski definition) is 5. The normalized spacial score (nSPS) is 11.6. The first-order chi connectivity index (χ1) is 9.43. The number of amides is 2. The summed E-state index contributed by atoms with van der Waals surface area (Å²) in [5.74, 6) is -1.22. The summed E-state index contributed by atoms with van der Waals surface area (Å²) in [4.78, 5) is 42.4. The Hall–Kier alpha value is -2.38. The highest BCUT2D eigenvalue weighted by Crippen LogP contribution is 2.00. The predicted octanol–water partition coefficient (Wildman–Crippen LogP) is -0.912. The second-order valence-corrected chi connectivity index (χ2v) is 4.30. The van der Waals surface area contributed by atoms with E-state index in [1.54, 1.807) is 6.20 Å². The summed E-state index contributed by atoms with van der Waals surface area (Å²) in [6, 6.07) is -0.826. The molecule has 0 aliphatic rings. The molecule has 2 N–H and O–H groups in total. The second-order valence-electron chi connectivity index (χ2n) is 4.30. The molecule has 110 valence electrons. The van der Waals surface area contributed by atoms with Crippen LogP contribution in [-0.4, -0.2) is 59.4 Å². The first-order valence-electron chi connectivity index (χ1n) is 6.00. The number of aromatic amines is 1. The van der Waals surface area contributed by atoms with Crippen LogP contribution in [-0.2, 0) is 25.5 Å². The van der Waals surface area contributed by atoms with Gasteiger partial charge in [0.2, 0.25) is 11.8 Å². The highest BCUT2D eigenvalue weighted by molar-refractivity contribution is 5.87. The Labute approximate surface area is 116 Å². The molecule has 0 aliphatic heterocycles. The molecule has 8 heteroatoms. The Balaban J connectivity index is 2.63. The lowest BCUT2D eigenvalue weighted by atomic mass is 10.1. The van der Waals surface area contributed by atoms with Crippen LogP contribution < -0.4 is 5.32 Å². The molecule has 1 atom stereocenters. The van der Waals surface area contributed by atoms with Crippen molar-refractivity contribution in [3.8, 4) is 0 Å². The van der Waals surface area contributed by atoms with Gasteiger partial charge in [-0.1, -0.05) is 0 Å². The van der Waals surface area contributed by atoms with Crippen molar-refractivity contribution >= 4 is 17.8 Å². The number of H-pyrrole nitrogens is 1. The third-order valence-electron chi connectivity index (χ3n) is 2.72. The Morgan fingerprint density at radius 3 is 2.70 bits per heavy atom. The van der Waals surface area contributed by atoms with E-state index in [9.17, 15) is 14.4 Å². The summed E-state index contributed by atoms with van der Waals surface area (Å²) in [6.45, 7) is 1.24. The zero-order chi connectivity index (χ0) is 15.1. The van der Waals surface area contributed by atoms with Gasteiger partial charge in [0.1, 0.15) is 6.04 Å². The molecule has 0 bridgehead atoms. The number of ether oxygens (including phenoxy) is 1. The number of methoxy groups -OCH3 is 1. The van der Waals surface area contributed by atoms with Crippen molar-refractivity contribution in [2.75, 3.05) is 20.7 Å². The number of imidazole rings is 1. The van der Waals surface area contributed by atoms with Gasteiger partial charge in [0, 0.05) is 32.3 Å². The van der Waals surface area contributed by atoms with E-state index >= 15 is 0 Å². The smallest absolute Gasteiger partial charge is 0.328 e. The molecule has 1 aromatic heterocycles. The first-order valence-corrected chi connectivity index (χ1v) is 6.00. The minimum Gasteiger partial charge on any atom is -0.467 e. The molecule has 0 saturated heterocycles. The van der Waals surface area contributed by atoms with Gasteiger partial charge < -0.3 is 19.9 Å². The second kappa shape index (κ2) is 7.27. The topological polar surface area (TPSA) is 104 Å². The van der Waals surface area contributed by atoms with Gasteiger partial charge in [-0.15, -0.1) is 0 Å². The maximum absolute atomic E-state index is 11.8. The van der Waals surface area contributed by atoms with Crippen molar-refractivity contribution in [2.45, 2.75) is 19.4 Å². The lowest BCUT2D eigenvalue weighted by Gasteiger charge is -2.19. The van der Waals surface area contributed by atoms with Crippen LogP contribution in [0.25, 0.3) is 0 Å². The third-order valence-corrected chi connectivity index (χ3v) is 2.72. The molecule has 20 heavy (non-hydrogen) atoms. The third kappa shape index (κ3) is 4.71. The Morgan fingerprint density at radius 2 is 2.20 bits per heavy atom. The van der Waals surface area contributed by atoms with Crippen molar-refractivity contribution in [3.63, 3.8) is 0 Å². The molecule has 0 fully saturated rings. The zero-order valence-corrected chi connectivity index (χ0v) is 11.7. The SMILES string of the molecule is COC(=O)[C@H](Cc1cnc[nH]1)NC(=O)CN(C)C(C)=O. The number of likely N-dealkylation sites (N-methyl/N-ethyl adjacent to an activating group) is 1. The number of nitrogens with one attached hydrogen (secondary N) is 2. The lowest BCUT2D eigenvalue weighted by Crippen LogP contribution is -2.47. The number of aromatic nitrogens is 2. The molecule has 0 saturated carbocycles. The van der Waals surface area contributed by atoms with Crippen molar-refractivity contribution in [3.05, 3.63) is 18.2 Å². The van der Waals surface area contributed by atoms with Crippen LogP contribution in [0.1, 0.15) is 12.6 Å².